The molecule has 0 aliphatic heterocycles. The summed E-state index contributed by atoms with van der Waals surface area (Å²) in [7, 11) is 0. The number of aromatic nitrogens is 3. The minimum absolute atomic E-state index is 0.880. The molecule has 0 N–H and O–H groups in total. The summed E-state index contributed by atoms with van der Waals surface area (Å²) in [5, 5.41) is 4.46. The number of aryl methyl sites for hydroxylation is 1. The first-order chi connectivity index (χ1) is 9.33. The summed E-state index contributed by atoms with van der Waals surface area (Å²) in [6.45, 7) is 1.98. The standard InChI is InChI=1S/C16H15N3/c1-13-10-11-16-17-12-15(19(16)18-13)9-5-8-14-6-3-2-4-7-14/h2-7,9-12H,8H2,1H3/b9-5+. The number of imidazole rings is 1. The zero-order chi connectivity index (χ0) is 13.1. The summed E-state index contributed by atoms with van der Waals surface area (Å²) in [6, 6.07) is 14.4. The molecule has 0 unspecified atom stereocenters. The molecule has 94 valence electrons. The normalized spacial score (nSPS) is 11.4. The molecule has 2 aromatic heterocycles. The summed E-state index contributed by atoms with van der Waals surface area (Å²) >= 11 is 0. The van der Waals surface area contributed by atoms with Crippen LogP contribution in [-0.2, 0) is 6.42 Å². The molecule has 3 nitrogen and oxygen atoms in total. The van der Waals surface area contributed by atoms with Gasteiger partial charge in [-0.15, -0.1) is 0 Å². The Bertz CT molecular complexity index is 711. The van der Waals surface area contributed by atoms with Crippen LogP contribution in [0.1, 0.15) is 17.0 Å². The van der Waals surface area contributed by atoms with Crippen molar-refractivity contribution in [3.63, 3.8) is 0 Å². The van der Waals surface area contributed by atoms with Crippen molar-refractivity contribution in [2.45, 2.75) is 13.3 Å². The number of fused-ring (bicyclic) bond motifs is 1. The van der Waals surface area contributed by atoms with Crippen molar-refractivity contribution >= 4 is 11.7 Å². The van der Waals surface area contributed by atoms with E-state index >= 15 is 0 Å². The minimum Gasteiger partial charge on any atom is -0.235 e. The van der Waals surface area contributed by atoms with E-state index < -0.39 is 0 Å². The lowest BCUT2D eigenvalue weighted by Crippen LogP contribution is -1.95. The monoisotopic (exact) mass is 249 g/mol. The highest BCUT2D eigenvalue weighted by Gasteiger charge is 2.00. The Morgan fingerprint density at radius 2 is 1.95 bits per heavy atom. The number of nitrogens with zero attached hydrogens (tertiary/aromatic N) is 3. The Morgan fingerprint density at radius 1 is 1.11 bits per heavy atom. The molecular weight excluding hydrogens is 234 g/mol. The van der Waals surface area contributed by atoms with E-state index in [1.54, 1.807) is 0 Å². The van der Waals surface area contributed by atoms with Crippen LogP contribution in [0.4, 0.5) is 0 Å². The smallest absolute Gasteiger partial charge is 0.154 e. The van der Waals surface area contributed by atoms with Gasteiger partial charge in [-0.2, -0.15) is 5.10 Å². The average molecular weight is 249 g/mol. The topological polar surface area (TPSA) is 30.2 Å². The molecule has 1 aromatic carbocycles. The predicted octanol–water partition coefficient (Wildman–Crippen LogP) is 3.29. The molecule has 0 saturated carbocycles. The van der Waals surface area contributed by atoms with Crippen LogP contribution in [0.25, 0.3) is 11.7 Å². The van der Waals surface area contributed by atoms with Crippen LogP contribution in [0, 0.1) is 6.92 Å². The zero-order valence-electron chi connectivity index (χ0n) is 10.8. The Kier molecular flexibility index (Phi) is 3.11. The van der Waals surface area contributed by atoms with Gasteiger partial charge < -0.3 is 0 Å². The van der Waals surface area contributed by atoms with Crippen LogP contribution in [0.3, 0.4) is 0 Å². The molecule has 0 atom stereocenters. The van der Waals surface area contributed by atoms with Crippen molar-refractivity contribution in [3.8, 4) is 0 Å². The van der Waals surface area contributed by atoms with Gasteiger partial charge in [-0.05, 0) is 37.1 Å². The first-order valence-corrected chi connectivity index (χ1v) is 6.35. The molecule has 2 heterocycles. The van der Waals surface area contributed by atoms with Gasteiger partial charge in [0.25, 0.3) is 0 Å². The van der Waals surface area contributed by atoms with E-state index in [1.165, 1.54) is 5.56 Å². The van der Waals surface area contributed by atoms with Crippen molar-refractivity contribution < 1.29 is 0 Å². The number of hydrogen-bond donors (Lipinski definition) is 0. The molecule has 0 amide bonds. The lowest BCUT2D eigenvalue weighted by Gasteiger charge is -1.97. The van der Waals surface area contributed by atoms with Gasteiger partial charge in [-0.1, -0.05) is 36.4 Å². The highest BCUT2D eigenvalue weighted by atomic mass is 15.3. The van der Waals surface area contributed by atoms with E-state index in [-0.39, 0.29) is 0 Å². The van der Waals surface area contributed by atoms with E-state index in [2.05, 4.69) is 46.5 Å². The molecule has 0 bridgehead atoms. The van der Waals surface area contributed by atoms with Gasteiger partial charge in [0, 0.05) is 0 Å². The van der Waals surface area contributed by atoms with Gasteiger partial charge in [0.2, 0.25) is 0 Å². The molecule has 0 saturated heterocycles. The first-order valence-electron chi connectivity index (χ1n) is 6.35. The highest BCUT2D eigenvalue weighted by molar-refractivity contribution is 5.51. The second-order valence-electron chi connectivity index (χ2n) is 4.52. The van der Waals surface area contributed by atoms with Crippen molar-refractivity contribution in [3.05, 3.63) is 71.7 Å². The molecule has 3 aromatic rings. The third kappa shape index (κ3) is 2.55. The van der Waals surface area contributed by atoms with E-state index in [4.69, 9.17) is 0 Å². The lowest BCUT2D eigenvalue weighted by molar-refractivity contribution is 0.892. The van der Waals surface area contributed by atoms with Gasteiger partial charge in [-0.3, -0.25) is 0 Å². The Hall–Kier alpha value is -2.42. The largest absolute Gasteiger partial charge is 0.235 e. The van der Waals surface area contributed by atoms with Crippen molar-refractivity contribution in [1.82, 2.24) is 14.6 Å². The summed E-state index contributed by atoms with van der Waals surface area (Å²) in [5.41, 5.74) is 4.18. The lowest BCUT2D eigenvalue weighted by atomic mass is 10.1. The fourth-order valence-electron chi connectivity index (χ4n) is 2.03. The fraction of sp³-hybridized carbons (Fsp3) is 0.125. The van der Waals surface area contributed by atoms with Gasteiger partial charge in [0.1, 0.15) is 0 Å². The van der Waals surface area contributed by atoms with Crippen molar-refractivity contribution in [2.75, 3.05) is 0 Å². The Balaban J connectivity index is 1.83. The maximum atomic E-state index is 4.46. The quantitative estimate of drug-likeness (QED) is 0.713. The third-order valence-electron chi connectivity index (χ3n) is 3.01. The third-order valence-corrected chi connectivity index (χ3v) is 3.01. The molecule has 3 heteroatoms. The second-order valence-corrected chi connectivity index (χ2v) is 4.52. The van der Waals surface area contributed by atoms with E-state index in [1.807, 2.05) is 35.8 Å². The van der Waals surface area contributed by atoms with Gasteiger partial charge >= 0.3 is 0 Å². The summed E-state index contributed by atoms with van der Waals surface area (Å²) in [6.07, 6.45) is 6.98. The number of rotatable bonds is 3. The molecule has 0 aliphatic rings. The molecule has 0 radical (unpaired) electrons. The minimum atomic E-state index is 0.880. The van der Waals surface area contributed by atoms with Crippen LogP contribution in [0.2, 0.25) is 0 Å². The Labute approximate surface area is 112 Å². The average Bonchev–Trinajstić information content (AvgIpc) is 2.83. The number of hydrogen-bond acceptors (Lipinski definition) is 2. The van der Waals surface area contributed by atoms with Crippen LogP contribution in [0.15, 0.2) is 54.7 Å². The fourth-order valence-corrected chi connectivity index (χ4v) is 2.03. The second kappa shape index (κ2) is 5.06. The Morgan fingerprint density at radius 3 is 2.79 bits per heavy atom. The summed E-state index contributed by atoms with van der Waals surface area (Å²) in [5.74, 6) is 0. The SMILES string of the molecule is Cc1ccc2ncc(/C=C/Cc3ccccc3)n2n1. The van der Waals surface area contributed by atoms with Gasteiger partial charge in [0.15, 0.2) is 5.65 Å². The summed E-state index contributed by atoms with van der Waals surface area (Å²) in [4.78, 5) is 4.33. The molecular formula is C16H15N3. The van der Waals surface area contributed by atoms with Gasteiger partial charge in [0.05, 0.1) is 17.6 Å². The van der Waals surface area contributed by atoms with Crippen molar-refractivity contribution in [1.29, 1.82) is 0 Å². The molecule has 0 spiro atoms. The molecule has 0 fully saturated rings. The van der Waals surface area contributed by atoms with Crippen molar-refractivity contribution in [2.24, 2.45) is 0 Å². The van der Waals surface area contributed by atoms with Crippen LogP contribution < -0.4 is 0 Å². The summed E-state index contributed by atoms with van der Waals surface area (Å²) < 4.78 is 1.87. The van der Waals surface area contributed by atoms with Gasteiger partial charge in [-0.25, -0.2) is 9.50 Å². The maximum Gasteiger partial charge on any atom is 0.154 e. The maximum absolute atomic E-state index is 4.46. The molecule has 0 aliphatic carbocycles. The van der Waals surface area contributed by atoms with Crippen LogP contribution >= 0.6 is 0 Å². The molecule has 19 heavy (non-hydrogen) atoms. The number of benzene rings is 1. The van der Waals surface area contributed by atoms with E-state index in [9.17, 15) is 0 Å². The number of allylic oxidation sites excluding steroid dienone is 1. The van der Waals surface area contributed by atoms with Crippen LogP contribution in [0.5, 0.6) is 0 Å². The predicted molar refractivity (Wildman–Crippen MR) is 76.9 cm³/mol. The van der Waals surface area contributed by atoms with E-state index in [0.717, 1.165) is 23.5 Å². The van der Waals surface area contributed by atoms with E-state index in [0.29, 0.717) is 0 Å². The first kappa shape index (κ1) is 11.7. The molecule has 3 rings (SSSR count). The zero-order valence-corrected chi connectivity index (χ0v) is 10.8. The van der Waals surface area contributed by atoms with Crippen LogP contribution in [-0.4, -0.2) is 14.6 Å². The highest BCUT2D eigenvalue weighted by Crippen LogP contribution is 2.08.